The number of hydrogen-bond donors (Lipinski definition) is 2. The van der Waals surface area contributed by atoms with Crippen LogP contribution in [0.5, 0.6) is 11.6 Å². The first kappa shape index (κ1) is 21.9. The summed E-state index contributed by atoms with van der Waals surface area (Å²) in [7, 11) is -3.95. The maximum absolute atomic E-state index is 13.0. The van der Waals surface area contributed by atoms with Gasteiger partial charge in [-0.3, -0.25) is 0 Å². The highest BCUT2D eigenvalue weighted by molar-refractivity contribution is 7.92. The number of sulfonamides is 1. The number of hydrogen-bond acceptors (Lipinski definition) is 6. The molecule has 8 heteroatoms. The van der Waals surface area contributed by atoms with Crippen molar-refractivity contribution in [3.8, 4) is 22.9 Å². The van der Waals surface area contributed by atoms with Crippen molar-refractivity contribution in [1.82, 2.24) is 9.97 Å². The van der Waals surface area contributed by atoms with E-state index < -0.39 is 10.0 Å². The smallest absolute Gasteiger partial charge is 0.264 e. The van der Waals surface area contributed by atoms with Gasteiger partial charge in [0.15, 0.2) is 0 Å². The molecule has 4 aromatic rings. The Morgan fingerprint density at radius 3 is 2.41 bits per heavy atom. The molecule has 0 amide bonds. The number of aryl methyl sites for hydroxylation is 1. The standard InChI is InChI=1S/C26H24N4O3S/c1-17-5-2-3-8-23(17)24-16-25(33-21-13-11-19(12-14-21)18-9-10-18)29-26(28-24)30-34(31,32)22-7-4-6-20(27)15-22/h2-8,11-16,18H,9-10,27H2,1H3,(H,28,29,30). The fourth-order valence-electron chi connectivity index (χ4n) is 3.73. The van der Waals surface area contributed by atoms with Crippen molar-refractivity contribution < 1.29 is 13.2 Å². The largest absolute Gasteiger partial charge is 0.439 e. The van der Waals surface area contributed by atoms with Gasteiger partial charge in [0.05, 0.1) is 10.6 Å². The second kappa shape index (κ2) is 8.79. The van der Waals surface area contributed by atoms with Crippen LogP contribution in [0.2, 0.25) is 0 Å². The maximum atomic E-state index is 13.0. The van der Waals surface area contributed by atoms with Crippen molar-refractivity contribution in [3.05, 3.63) is 90.0 Å². The first-order chi connectivity index (χ1) is 16.4. The third-order valence-corrected chi connectivity index (χ3v) is 6.99. The van der Waals surface area contributed by atoms with Gasteiger partial charge in [0.2, 0.25) is 11.8 Å². The van der Waals surface area contributed by atoms with E-state index in [0.29, 0.717) is 23.0 Å². The molecule has 1 aliphatic carbocycles. The van der Waals surface area contributed by atoms with E-state index in [1.54, 1.807) is 18.2 Å². The summed E-state index contributed by atoms with van der Waals surface area (Å²) in [6.45, 7) is 1.96. The van der Waals surface area contributed by atoms with Crippen molar-refractivity contribution in [2.45, 2.75) is 30.6 Å². The number of nitrogens with two attached hydrogens (primary N) is 1. The van der Waals surface area contributed by atoms with Gasteiger partial charge in [-0.05, 0) is 67.1 Å². The monoisotopic (exact) mass is 472 g/mol. The Hall–Kier alpha value is -3.91. The molecule has 0 saturated heterocycles. The summed E-state index contributed by atoms with van der Waals surface area (Å²) < 4.78 is 34.4. The molecule has 34 heavy (non-hydrogen) atoms. The fourth-order valence-corrected chi connectivity index (χ4v) is 4.73. The molecule has 0 radical (unpaired) electrons. The average molecular weight is 473 g/mol. The van der Waals surface area contributed by atoms with Gasteiger partial charge in [-0.25, -0.2) is 18.1 Å². The van der Waals surface area contributed by atoms with E-state index in [0.717, 1.165) is 11.1 Å². The first-order valence-corrected chi connectivity index (χ1v) is 12.5. The average Bonchev–Trinajstić information content (AvgIpc) is 3.65. The summed E-state index contributed by atoms with van der Waals surface area (Å²) in [5, 5.41) is 0. The highest BCUT2D eigenvalue weighted by atomic mass is 32.2. The molecule has 7 nitrogen and oxygen atoms in total. The number of anilines is 2. The van der Waals surface area contributed by atoms with Gasteiger partial charge >= 0.3 is 0 Å². The summed E-state index contributed by atoms with van der Waals surface area (Å²) in [5.74, 6) is 1.41. The van der Waals surface area contributed by atoms with E-state index in [-0.39, 0.29) is 16.7 Å². The second-order valence-electron chi connectivity index (χ2n) is 8.35. The van der Waals surface area contributed by atoms with E-state index in [1.807, 2.05) is 43.3 Å². The lowest BCUT2D eigenvalue weighted by molar-refractivity contribution is 0.462. The van der Waals surface area contributed by atoms with Crippen LogP contribution in [-0.4, -0.2) is 18.4 Å². The second-order valence-corrected chi connectivity index (χ2v) is 10.0. The summed E-state index contributed by atoms with van der Waals surface area (Å²) in [6, 6.07) is 23.4. The maximum Gasteiger partial charge on any atom is 0.264 e. The molecule has 0 bridgehead atoms. The van der Waals surface area contributed by atoms with Gasteiger partial charge in [0.25, 0.3) is 10.0 Å². The number of nitrogens with one attached hydrogen (secondary N) is 1. The van der Waals surface area contributed by atoms with E-state index in [4.69, 9.17) is 10.5 Å². The zero-order valence-corrected chi connectivity index (χ0v) is 19.4. The molecule has 172 valence electrons. The van der Waals surface area contributed by atoms with Crippen LogP contribution in [0.3, 0.4) is 0 Å². The molecule has 1 aromatic heterocycles. The van der Waals surface area contributed by atoms with E-state index >= 15 is 0 Å². The van der Waals surface area contributed by atoms with Crippen LogP contribution < -0.4 is 15.2 Å². The van der Waals surface area contributed by atoms with Crippen molar-refractivity contribution in [2.24, 2.45) is 0 Å². The predicted octanol–water partition coefficient (Wildman–Crippen LogP) is 5.50. The zero-order valence-electron chi connectivity index (χ0n) is 18.6. The number of benzene rings is 3. The molecule has 0 aliphatic heterocycles. The molecule has 1 heterocycles. The molecule has 3 N–H and O–H groups in total. The van der Waals surface area contributed by atoms with Crippen LogP contribution in [0.15, 0.2) is 83.8 Å². The third kappa shape index (κ3) is 4.87. The Labute approximate surface area is 198 Å². The van der Waals surface area contributed by atoms with E-state index in [9.17, 15) is 8.42 Å². The van der Waals surface area contributed by atoms with E-state index in [1.165, 1.54) is 30.5 Å². The topological polar surface area (TPSA) is 107 Å². The van der Waals surface area contributed by atoms with Crippen molar-refractivity contribution in [3.63, 3.8) is 0 Å². The molecule has 5 rings (SSSR count). The van der Waals surface area contributed by atoms with Crippen LogP contribution in [0, 0.1) is 6.92 Å². The minimum Gasteiger partial charge on any atom is -0.439 e. The molecule has 0 atom stereocenters. The van der Waals surface area contributed by atoms with Gasteiger partial charge in [0.1, 0.15) is 5.75 Å². The molecule has 1 fully saturated rings. The number of nitrogen functional groups attached to an aromatic ring is 1. The van der Waals surface area contributed by atoms with Gasteiger partial charge in [-0.2, -0.15) is 4.98 Å². The summed E-state index contributed by atoms with van der Waals surface area (Å²) in [6.07, 6.45) is 2.45. The van der Waals surface area contributed by atoms with Crippen LogP contribution in [0.25, 0.3) is 11.3 Å². The lowest BCUT2D eigenvalue weighted by atomic mass is 10.1. The normalized spacial score (nSPS) is 13.4. The van der Waals surface area contributed by atoms with Crippen LogP contribution >= 0.6 is 0 Å². The molecular formula is C26H24N4O3S. The molecule has 1 saturated carbocycles. The Morgan fingerprint density at radius 1 is 0.941 bits per heavy atom. The summed E-state index contributed by atoms with van der Waals surface area (Å²) in [4.78, 5) is 8.83. The van der Waals surface area contributed by atoms with Crippen molar-refractivity contribution >= 4 is 21.7 Å². The van der Waals surface area contributed by atoms with Crippen LogP contribution in [0.4, 0.5) is 11.6 Å². The van der Waals surface area contributed by atoms with Crippen molar-refractivity contribution in [1.29, 1.82) is 0 Å². The minimum absolute atomic E-state index is 0.0236. The lowest BCUT2D eigenvalue weighted by Gasteiger charge is -2.13. The zero-order chi connectivity index (χ0) is 23.7. The molecule has 1 aliphatic rings. The predicted molar refractivity (Wildman–Crippen MR) is 132 cm³/mol. The Bertz CT molecular complexity index is 1450. The summed E-state index contributed by atoms with van der Waals surface area (Å²) in [5.41, 5.74) is 9.79. The highest BCUT2D eigenvalue weighted by Crippen LogP contribution is 2.40. The Balaban J connectivity index is 1.51. The molecule has 0 unspecified atom stereocenters. The van der Waals surface area contributed by atoms with Gasteiger partial charge in [0, 0.05) is 17.3 Å². The Kier molecular flexibility index (Phi) is 5.67. The SMILES string of the molecule is Cc1ccccc1-c1cc(Oc2ccc(C3CC3)cc2)nc(NS(=O)(=O)c2cccc(N)c2)n1. The first-order valence-electron chi connectivity index (χ1n) is 11.0. The molecule has 3 aromatic carbocycles. The van der Waals surface area contributed by atoms with E-state index in [2.05, 4.69) is 26.8 Å². The van der Waals surface area contributed by atoms with Gasteiger partial charge in [-0.1, -0.05) is 42.5 Å². The molecular weight excluding hydrogens is 448 g/mol. The highest BCUT2D eigenvalue weighted by Gasteiger charge is 2.23. The number of rotatable bonds is 7. The number of aromatic nitrogens is 2. The number of nitrogens with zero attached hydrogens (tertiary/aromatic N) is 2. The van der Waals surface area contributed by atoms with Crippen molar-refractivity contribution in [2.75, 3.05) is 10.5 Å². The van der Waals surface area contributed by atoms with Gasteiger partial charge < -0.3 is 10.5 Å². The van der Waals surface area contributed by atoms with Crippen LogP contribution in [0.1, 0.15) is 29.9 Å². The quantitative estimate of drug-likeness (QED) is 0.344. The third-order valence-electron chi connectivity index (χ3n) is 5.67. The van der Waals surface area contributed by atoms with Gasteiger partial charge in [-0.15, -0.1) is 0 Å². The Morgan fingerprint density at radius 2 is 1.71 bits per heavy atom. The summed E-state index contributed by atoms with van der Waals surface area (Å²) >= 11 is 0. The molecule has 0 spiro atoms. The lowest BCUT2D eigenvalue weighted by Crippen LogP contribution is -2.15. The van der Waals surface area contributed by atoms with Crippen LogP contribution in [-0.2, 0) is 10.0 Å². The minimum atomic E-state index is -3.95. The number of ether oxygens (including phenoxy) is 1. The fraction of sp³-hybridized carbons (Fsp3) is 0.154.